The first kappa shape index (κ1) is 24.8. The molecule has 0 bridgehead atoms. The molecule has 4 heterocycles. The number of aryl methyl sites for hydroxylation is 1. The third-order valence-corrected chi connectivity index (χ3v) is 9.49. The molecule has 192 valence electrons. The van der Waals surface area contributed by atoms with Gasteiger partial charge in [-0.25, -0.2) is 26.7 Å². The second-order valence-electron chi connectivity index (χ2n) is 9.35. The molecule has 2 aromatic heterocycles. The van der Waals surface area contributed by atoms with Crippen molar-refractivity contribution in [2.75, 3.05) is 0 Å². The summed E-state index contributed by atoms with van der Waals surface area (Å²) in [5.41, 5.74) is 0.577. The molecule has 5 rings (SSSR count). The van der Waals surface area contributed by atoms with E-state index in [9.17, 15) is 26.8 Å². The van der Waals surface area contributed by atoms with Crippen LogP contribution in [0.3, 0.4) is 0 Å². The lowest BCUT2D eigenvalue weighted by molar-refractivity contribution is -0.454. The number of nitrogens with one attached hydrogen (secondary N) is 1. The lowest BCUT2D eigenvalue weighted by Crippen LogP contribution is -2.52. The van der Waals surface area contributed by atoms with Crippen molar-refractivity contribution >= 4 is 38.8 Å². The van der Waals surface area contributed by atoms with E-state index in [-0.39, 0.29) is 22.4 Å². The molecule has 0 spiro atoms. The molecule has 11 nitrogen and oxygen atoms in total. The largest absolute Gasteiger partial charge is 0.501 e. The van der Waals surface area contributed by atoms with Gasteiger partial charge in [0.15, 0.2) is 5.04 Å². The number of amides is 3. The molecule has 0 aromatic carbocycles. The summed E-state index contributed by atoms with van der Waals surface area (Å²) in [7, 11) is -2.19. The summed E-state index contributed by atoms with van der Waals surface area (Å²) in [6, 6.07) is -0.640. The van der Waals surface area contributed by atoms with Crippen LogP contribution in [0.4, 0.5) is 13.6 Å². The monoisotopic (exact) mass is 540 g/mol. The fourth-order valence-electron chi connectivity index (χ4n) is 4.06. The van der Waals surface area contributed by atoms with E-state index in [4.69, 9.17) is 0 Å². The predicted molar refractivity (Wildman–Crippen MR) is 125 cm³/mol. The minimum Gasteiger partial charge on any atom is -0.275 e. The van der Waals surface area contributed by atoms with E-state index in [0.29, 0.717) is 11.1 Å². The minimum atomic E-state index is -3.90. The maximum absolute atomic E-state index is 13.5. The lowest BCUT2D eigenvalue weighted by atomic mass is 10.1. The molecule has 2 aromatic rings. The van der Waals surface area contributed by atoms with E-state index in [0.717, 1.165) is 34.2 Å². The number of alkyl halides is 2. The molecule has 1 saturated carbocycles. The van der Waals surface area contributed by atoms with Crippen molar-refractivity contribution in [3.63, 3.8) is 0 Å². The van der Waals surface area contributed by atoms with E-state index >= 15 is 0 Å². The van der Waals surface area contributed by atoms with E-state index in [1.54, 1.807) is 24.9 Å². The molecule has 36 heavy (non-hydrogen) atoms. The summed E-state index contributed by atoms with van der Waals surface area (Å²) in [4.78, 5) is 27.9. The van der Waals surface area contributed by atoms with Crippen molar-refractivity contribution in [3.05, 3.63) is 46.2 Å². The molecule has 15 heteroatoms. The zero-order chi connectivity index (χ0) is 25.8. The SMILES string of the molecule is Cn1cc(CN2C(=O)C3C=C(S(=O)(=O)NC4(C)CC4)SC3=[N+](Cc3cnn(CC(F)F)c3)C2=O)cn1. The molecule has 1 aliphatic carbocycles. The van der Waals surface area contributed by atoms with E-state index in [2.05, 4.69) is 14.9 Å². The minimum absolute atomic E-state index is 0.0431. The molecule has 0 radical (unpaired) electrons. The number of aromatic nitrogens is 4. The Morgan fingerprint density at radius 2 is 1.94 bits per heavy atom. The van der Waals surface area contributed by atoms with Crippen LogP contribution in [0.1, 0.15) is 30.9 Å². The van der Waals surface area contributed by atoms with Crippen LogP contribution in [0.5, 0.6) is 0 Å². The van der Waals surface area contributed by atoms with Gasteiger partial charge in [-0.05, 0) is 37.6 Å². The fourth-order valence-corrected chi connectivity index (χ4v) is 7.11. The number of carbonyl (C=O) groups excluding carboxylic acids is 2. The van der Waals surface area contributed by atoms with E-state index in [1.807, 2.05) is 0 Å². The highest BCUT2D eigenvalue weighted by Crippen LogP contribution is 2.42. The Hall–Kier alpha value is -2.91. The normalized spacial score (nSPS) is 21.4. The standard InChI is InChI=1S/C21H24F2N7O4S2/c1-21(3-4-21)26-36(33,34)17-5-15-18(31)29(10-13-6-24-27(2)8-13)20(32)30(19(15)35-17)11-14-7-25-28(9-14)12-16(22)23/h5-9,15-16,26H,3-4,10-12H2,1-2H3/q+1. The van der Waals surface area contributed by atoms with Crippen molar-refractivity contribution in [2.45, 2.75) is 51.4 Å². The van der Waals surface area contributed by atoms with Gasteiger partial charge >= 0.3 is 11.9 Å². The maximum atomic E-state index is 13.5. The molecule has 1 atom stereocenters. The van der Waals surface area contributed by atoms with Crippen molar-refractivity contribution in [1.29, 1.82) is 0 Å². The van der Waals surface area contributed by atoms with Gasteiger partial charge < -0.3 is 0 Å². The number of carbonyl (C=O) groups is 2. The summed E-state index contributed by atoms with van der Waals surface area (Å²) in [6.07, 6.45) is 6.19. The Kier molecular flexibility index (Phi) is 6.11. The topological polar surface area (TPSA) is 122 Å². The molecule has 0 saturated heterocycles. The Morgan fingerprint density at radius 1 is 1.22 bits per heavy atom. The lowest BCUT2D eigenvalue weighted by Gasteiger charge is -2.23. The molecule has 3 aliphatic rings. The van der Waals surface area contributed by atoms with Crippen LogP contribution >= 0.6 is 11.8 Å². The van der Waals surface area contributed by atoms with Crippen LogP contribution in [-0.4, -0.2) is 66.4 Å². The second-order valence-corrected chi connectivity index (χ2v) is 12.3. The van der Waals surface area contributed by atoms with Crippen LogP contribution in [0, 0.1) is 5.92 Å². The zero-order valence-electron chi connectivity index (χ0n) is 19.5. The Morgan fingerprint density at radius 3 is 2.58 bits per heavy atom. The van der Waals surface area contributed by atoms with Gasteiger partial charge in [0.1, 0.15) is 29.8 Å². The predicted octanol–water partition coefficient (Wildman–Crippen LogP) is 1.63. The second kappa shape index (κ2) is 8.88. The van der Waals surface area contributed by atoms with Crippen LogP contribution in [0.25, 0.3) is 0 Å². The van der Waals surface area contributed by atoms with Gasteiger partial charge in [-0.1, -0.05) is 0 Å². The summed E-state index contributed by atoms with van der Waals surface area (Å²) >= 11 is 0.856. The molecular formula is C21H24F2N7O4S2+. The molecule has 3 amide bonds. The number of hydrogen-bond donors (Lipinski definition) is 1. The van der Waals surface area contributed by atoms with E-state index < -0.39 is 46.4 Å². The highest BCUT2D eigenvalue weighted by molar-refractivity contribution is 8.27. The summed E-state index contributed by atoms with van der Waals surface area (Å²) in [5, 5.41) is 8.24. The van der Waals surface area contributed by atoms with Gasteiger partial charge in [-0.3, -0.25) is 9.36 Å². The number of nitrogens with zero attached hydrogens (tertiary/aromatic N) is 6. The first-order valence-electron chi connectivity index (χ1n) is 11.1. The van der Waals surface area contributed by atoms with Crippen LogP contribution in [0.2, 0.25) is 0 Å². The number of urea groups is 1. The number of halogens is 2. The van der Waals surface area contributed by atoms with Crippen LogP contribution in [0.15, 0.2) is 35.1 Å². The van der Waals surface area contributed by atoms with Crippen molar-refractivity contribution in [3.8, 4) is 0 Å². The zero-order valence-corrected chi connectivity index (χ0v) is 21.1. The van der Waals surface area contributed by atoms with Gasteiger partial charge in [-0.15, -0.1) is 0 Å². The quantitative estimate of drug-likeness (QED) is 0.480. The highest BCUT2D eigenvalue weighted by Gasteiger charge is 2.53. The summed E-state index contributed by atoms with van der Waals surface area (Å²) < 4.78 is 58.1. The average molecular weight is 541 g/mol. The number of sulfonamides is 1. The number of fused-ring (bicyclic) bond motifs is 1. The van der Waals surface area contributed by atoms with Crippen molar-refractivity contribution in [1.82, 2.24) is 29.2 Å². The van der Waals surface area contributed by atoms with Gasteiger partial charge in [0.2, 0.25) is 10.0 Å². The third kappa shape index (κ3) is 4.86. The smallest absolute Gasteiger partial charge is 0.275 e. The Balaban J connectivity index is 1.49. The Bertz CT molecular complexity index is 1410. The fraction of sp³-hybridized carbons (Fsp3) is 0.476. The van der Waals surface area contributed by atoms with Gasteiger partial charge in [0, 0.05) is 36.1 Å². The van der Waals surface area contributed by atoms with Crippen molar-refractivity contribution in [2.24, 2.45) is 13.0 Å². The van der Waals surface area contributed by atoms with Crippen LogP contribution < -0.4 is 4.72 Å². The third-order valence-electron chi connectivity index (χ3n) is 6.13. The van der Waals surface area contributed by atoms with Gasteiger partial charge in [0.05, 0.1) is 12.4 Å². The maximum Gasteiger partial charge on any atom is 0.501 e. The molecule has 2 aliphatic heterocycles. The van der Waals surface area contributed by atoms with Crippen molar-refractivity contribution < 1.29 is 31.4 Å². The molecular weight excluding hydrogens is 516 g/mol. The Labute approximate surface area is 209 Å². The highest BCUT2D eigenvalue weighted by atomic mass is 32.3. The summed E-state index contributed by atoms with van der Waals surface area (Å²) in [5.74, 6) is -1.52. The number of rotatable bonds is 9. The molecule has 1 N–H and O–H groups in total. The van der Waals surface area contributed by atoms with Gasteiger partial charge in [-0.2, -0.15) is 24.5 Å². The average Bonchev–Trinajstić information content (AvgIpc) is 3.20. The first-order valence-corrected chi connectivity index (χ1v) is 13.4. The number of imide groups is 1. The first-order chi connectivity index (χ1) is 16.9. The molecule has 1 fully saturated rings. The van der Waals surface area contributed by atoms with E-state index in [1.165, 1.54) is 29.2 Å². The van der Waals surface area contributed by atoms with Crippen LogP contribution in [-0.2, 0) is 41.5 Å². The summed E-state index contributed by atoms with van der Waals surface area (Å²) in [6.45, 7) is 1.10. The molecule has 1 unspecified atom stereocenters. The number of hydrogen-bond acceptors (Lipinski definition) is 7. The number of thioether (sulfide) groups is 1. The van der Waals surface area contributed by atoms with Gasteiger partial charge in [0.25, 0.3) is 6.43 Å².